The summed E-state index contributed by atoms with van der Waals surface area (Å²) in [6.45, 7) is 0. The van der Waals surface area contributed by atoms with Crippen molar-refractivity contribution in [3.8, 4) is 0 Å². The minimum atomic E-state index is -0.477. The summed E-state index contributed by atoms with van der Waals surface area (Å²) in [6.07, 6.45) is 1.62. The average Bonchev–Trinajstić information content (AvgIpc) is 2.96. The number of hydrogen-bond acceptors (Lipinski definition) is 2. The van der Waals surface area contributed by atoms with Crippen molar-refractivity contribution in [2.45, 2.75) is 18.4 Å². The number of carbonyl (C=O) groups is 1. The minimum absolute atomic E-state index is 0.0110. The van der Waals surface area contributed by atoms with E-state index in [1.54, 1.807) is 24.1 Å². The minimum Gasteiger partial charge on any atom is -0.356 e. The first-order valence-electron chi connectivity index (χ1n) is 4.99. The Hall–Kier alpha value is -1.58. The van der Waals surface area contributed by atoms with Crippen LogP contribution in [0.1, 0.15) is 12.8 Å². The molecular formula is C11H11FN2O. The van der Waals surface area contributed by atoms with Crippen LogP contribution in [0.3, 0.4) is 0 Å². The molecule has 1 aliphatic heterocycles. The van der Waals surface area contributed by atoms with Crippen LogP contribution in [0, 0.1) is 5.82 Å². The molecule has 0 radical (unpaired) electrons. The molecule has 4 heteroatoms. The van der Waals surface area contributed by atoms with Gasteiger partial charge < -0.3 is 10.2 Å². The first-order valence-corrected chi connectivity index (χ1v) is 4.99. The summed E-state index contributed by atoms with van der Waals surface area (Å²) >= 11 is 0. The summed E-state index contributed by atoms with van der Waals surface area (Å²) in [5, 5.41) is 2.76. The Balaban J connectivity index is 2.19. The SMILES string of the molecule is CN1c2c(F)cccc2NC(=O)C12CC2. The van der Waals surface area contributed by atoms with E-state index in [1.165, 1.54) is 6.07 Å². The topological polar surface area (TPSA) is 32.3 Å². The Bertz CT molecular complexity index is 454. The number of halogens is 1. The van der Waals surface area contributed by atoms with Gasteiger partial charge in [0.15, 0.2) is 0 Å². The molecule has 1 N–H and O–H groups in total. The van der Waals surface area contributed by atoms with Crippen molar-refractivity contribution < 1.29 is 9.18 Å². The predicted octanol–water partition coefficient (Wildman–Crippen LogP) is 1.75. The van der Waals surface area contributed by atoms with Crippen LogP contribution in [0.4, 0.5) is 15.8 Å². The molecule has 1 aromatic carbocycles. The van der Waals surface area contributed by atoms with E-state index in [0.29, 0.717) is 11.4 Å². The molecule has 0 unspecified atom stereocenters. The maximum Gasteiger partial charge on any atom is 0.250 e. The third-order valence-corrected chi connectivity index (χ3v) is 3.36. The highest BCUT2D eigenvalue weighted by Crippen LogP contribution is 2.49. The Labute approximate surface area is 86.9 Å². The number of hydrogen-bond donors (Lipinski definition) is 1. The molecule has 1 aliphatic carbocycles. The lowest BCUT2D eigenvalue weighted by Crippen LogP contribution is -2.48. The zero-order valence-corrected chi connectivity index (χ0v) is 8.38. The largest absolute Gasteiger partial charge is 0.356 e. The van der Waals surface area contributed by atoms with Crippen molar-refractivity contribution in [2.75, 3.05) is 17.3 Å². The first kappa shape index (κ1) is 8.71. The monoisotopic (exact) mass is 206 g/mol. The van der Waals surface area contributed by atoms with E-state index in [2.05, 4.69) is 5.32 Å². The standard InChI is InChI=1S/C11H11FN2O/c1-14-9-7(12)3-2-4-8(9)13-10(15)11(14)5-6-11/h2-4H,5-6H2,1H3,(H,13,15). The van der Waals surface area contributed by atoms with Gasteiger partial charge in [-0.05, 0) is 25.0 Å². The molecule has 1 fully saturated rings. The second-order valence-corrected chi connectivity index (χ2v) is 4.18. The van der Waals surface area contributed by atoms with Gasteiger partial charge in [0.2, 0.25) is 5.91 Å². The molecule has 3 rings (SSSR count). The number of benzene rings is 1. The van der Waals surface area contributed by atoms with Crippen molar-refractivity contribution >= 4 is 17.3 Å². The van der Waals surface area contributed by atoms with Crippen molar-refractivity contribution in [1.82, 2.24) is 0 Å². The molecule has 2 aliphatic rings. The number of anilines is 2. The van der Waals surface area contributed by atoms with Crippen LogP contribution < -0.4 is 10.2 Å². The van der Waals surface area contributed by atoms with Crippen LogP contribution >= 0.6 is 0 Å². The lowest BCUT2D eigenvalue weighted by molar-refractivity contribution is -0.118. The van der Waals surface area contributed by atoms with E-state index in [-0.39, 0.29) is 11.7 Å². The quantitative estimate of drug-likeness (QED) is 0.701. The van der Waals surface area contributed by atoms with E-state index >= 15 is 0 Å². The summed E-state index contributed by atoms with van der Waals surface area (Å²) in [5.74, 6) is -0.288. The van der Waals surface area contributed by atoms with Crippen molar-refractivity contribution in [2.24, 2.45) is 0 Å². The third kappa shape index (κ3) is 0.963. The number of likely N-dealkylation sites (N-methyl/N-ethyl adjacent to an activating group) is 1. The molecule has 0 atom stereocenters. The molecule has 1 heterocycles. The van der Waals surface area contributed by atoms with Gasteiger partial charge in [0.25, 0.3) is 0 Å². The van der Waals surface area contributed by atoms with Gasteiger partial charge in [-0.25, -0.2) is 4.39 Å². The highest BCUT2D eigenvalue weighted by Gasteiger charge is 2.56. The number of carbonyl (C=O) groups excluding carboxylic acids is 1. The Morgan fingerprint density at radius 2 is 2.20 bits per heavy atom. The fourth-order valence-corrected chi connectivity index (χ4v) is 2.24. The van der Waals surface area contributed by atoms with Crippen LogP contribution in [-0.4, -0.2) is 18.5 Å². The van der Waals surface area contributed by atoms with E-state index < -0.39 is 5.54 Å². The fourth-order valence-electron chi connectivity index (χ4n) is 2.24. The number of nitrogens with zero attached hydrogens (tertiary/aromatic N) is 1. The Morgan fingerprint density at radius 1 is 1.47 bits per heavy atom. The first-order chi connectivity index (χ1) is 7.15. The molecule has 0 saturated heterocycles. The Morgan fingerprint density at radius 3 is 2.87 bits per heavy atom. The molecule has 1 spiro atoms. The van der Waals surface area contributed by atoms with Crippen LogP contribution in [0.25, 0.3) is 0 Å². The van der Waals surface area contributed by atoms with Gasteiger partial charge in [-0.2, -0.15) is 0 Å². The average molecular weight is 206 g/mol. The molecule has 1 aromatic rings. The smallest absolute Gasteiger partial charge is 0.250 e. The van der Waals surface area contributed by atoms with Gasteiger partial charge in [0.05, 0.1) is 11.4 Å². The van der Waals surface area contributed by atoms with Crippen LogP contribution in [0.2, 0.25) is 0 Å². The van der Waals surface area contributed by atoms with Gasteiger partial charge in [0.1, 0.15) is 11.4 Å². The number of para-hydroxylation sites is 1. The second-order valence-electron chi connectivity index (χ2n) is 4.18. The molecule has 78 valence electrons. The summed E-state index contributed by atoms with van der Waals surface area (Å²) < 4.78 is 13.6. The van der Waals surface area contributed by atoms with Gasteiger partial charge in [-0.1, -0.05) is 6.07 Å². The van der Waals surface area contributed by atoms with E-state index in [1.807, 2.05) is 0 Å². The Kier molecular flexibility index (Phi) is 1.45. The van der Waals surface area contributed by atoms with Crippen molar-refractivity contribution in [3.05, 3.63) is 24.0 Å². The highest BCUT2D eigenvalue weighted by atomic mass is 19.1. The van der Waals surface area contributed by atoms with Crippen molar-refractivity contribution in [3.63, 3.8) is 0 Å². The molecular weight excluding hydrogens is 195 g/mol. The summed E-state index contributed by atoms with van der Waals surface area (Å²) in [7, 11) is 1.79. The maximum atomic E-state index is 13.6. The van der Waals surface area contributed by atoms with Gasteiger partial charge in [-0.3, -0.25) is 4.79 Å². The van der Waals surface area contributed by atoms with Crippen LogP contribution in [0.15, 0.2) is 18.2 Å². The summed E-state index contributed by atoms with van der Waals surface area (Å²) in [6, 6.07) is 4.75. The second kappa shape index (κ2) is 2.51. The molecule has 0 bridgehead atoms. The third-order valence-electron chi connectivity index (χ3n) is 3.36. The summed E-state index contributed by atoms with van der Waals surface area (Å²) in [4.78, 5) is 13.6. The molecule has 15 heavy (non-hydrogen) atoms. The van der Waals surface area contributed by atoms with Gasteiger partial charge >= 0.3 is 0 Å². The summed E-state index contributed by atoms with van der Waals surface area (Å²) in [5.41, 5.74) is 0.601. The van der Waals surface area contributed by atoms with E-state index in [9.17, 15) is 9.18 Å². The van der Waals surface area contributed by atoms with Crippen LogP contribution in [0.5, 0.6) is 0 Å². The number of fused-ring (bicyclic) bond motifs is 1. The molecule has 0 aromatic heterocycles. The van der Waals surface area contributed by atoms with E-state index in [0.717, 1.165) is 12.8 Å². The van der Waals surface area contributed by atoms with Gasteiger partial charge in [-0.15, -0.1) is 0 Å². The number of rotatable bonds is 0. The number of amides is 1. The zero-order chi connectivity index (χ0) is 10.6. The van der Waals surface area contributed by atoms with Crippen molar-refractivity contribution in [1.29, 1.82) is 0 Å². The molecule has 1 amide bonds. The highest BCUT2D eigenvalue weighted by molar-refractivity contribution is 6.08. The van der Waals surface area contributed by atoms with E-state index in [4.69, 9.17) is 0 Å². The zero-order valence-electron chi connectivity index (χ0n) is 8.38. The lowest BCUT2D eigenvalue weighted by atomic mass is 10.1. The van der Waals surface area contributed by atoms with Crippen LogP contribution in [-0.2, 0) is 4.79 Å². The maximum absolute atomic E-state index is 13.6. The number of nitrogens with one attached hydrogen (secondary N) is 1. The molecule has 3 nitrogen and oxygen atoms in total. The lowest BCUT2D eigenvalue weighted by Gasteiger charge is -2.35. The molecule has 1 saturated carbocycles. The normalized spacial score (nSPS) is 21.2. The van der Waals surface area contributed by atoms with Gasteiger partial charge in [0, 0.05) is 7.05 Å². The predicted molar refractivity (Wildman–Crippen MR) is 55.4 cm³/mol. The fraction of sp³-hybridized carbons (Fsp3) is 0.364.